The Morgan fingerprint density at radius 3 is 2.80 bits per heavy atom. The highest BCUT2D eigenvalue weighted by Gasteiger charge is 2.27. The van der Waals surface area contributed by atoms with E-state index in [9.17, 15) is 8.42 Å². The zero-order chi connectivity index (χ0) is 14.6. The van der Waals surface area contributed by atoms with Crippen LogP contribution in [0.25, 0.3) is 0 Å². The van der Waals surface area contributed by atoms with Gasteiger partial charge in [0.05, 0.1) is 18.0 Å². The van der Waals surface area contributed by atoms with Crippen molar-refractivity contribution in [1.29, 1.82) is 0 Å². The Balaban J connectivity index is 2.41. The van der Waals surface area contributed by atoms with Crippen LogP contribution in [0.15, 0.2) is 18.2 Å². The Bertz CT molecular complexity index is 642. The van der Waals surface area contributed by atoms with Crippen molar-refractivity contribution in [2.75, 3.05) is 23.1 Å². The van der Waals surface area contributed by atoms with Gasteiger partial charge in [0.25, 0.3) is 0 Å². The number of nitrogens with zero attached hydrogens (tertiary/aromatic N) is 1. The molecule has 1 aromatic rings. The summed E-state index contributed by atoms with van der Waals surface area (Å²) >= 11 is 0. The Morgan fingerprint density at radius 2 is 2.15 bits per heavy atom. The number of rotatable bonds is 2. The summed E-state index contributed by atoms with van der Waals surface area (Å²) in [6.45, 7) is 2.92. The van der Waals surface area contributed by atoms with Crippen LogP contribution in [0.2, 0.25) is 0 Å². The van der Waals surface area contributed by atoms with Crippen molar-refractivity contribution in [3.8, 4) is 11.8 Å². The third-order valence-electron chi connectivity index (χ3n) is 3.41. The fourth-order valence-corrected chi connectivity index (χ4v) is 4.08. The molecule has 108 valence electrons. The zero-order valence-corrected chi connectivity index (χ0v) is 12.5. The normalized spacial score (nSPS) is 17.4. The molecule has 0 amide bonds. The number of nitrogens with two attached hydrogens (primary N) is 1. The lowest BCUT2D eigenvalue weighted by Gasteiger charge is -2.30. The third kappa shape index (κ3) is 3.14. The highest BCUT2D eigenvalue weighted by atomic mass is 32.2. The maximum absolute atomic E-state index is 12.2. The quantitative estimate of drug-likeness (QED) is 0.840. The van der Waals surface area contributed by atoms with Gasteiger partial charge in [0, 0.05) is 12.1 Å². The molecule has 1 saturated heterocycles. The van der Waals surface area contributed by atoms with E-state index in [1.54, 1.807) is 4.31 Å². The molecule has 5 heteroatoms. The summed E-state index contributed by atoms with van der Waals surface area (Å²) in [6, 6.07) is 5.69. The predicted molar refractivity (Wildman–Crippen MR) is 82.1 cm³/mol. The summed E-state index contributed by atoms with van der Waals surface area (Å²) in [6.07, 6.45) is 2.44. The van der Waals surface area contributed by atoms with Gasteiger partial charge in [0.15, 0.2) is 0 Å². The molecule has 1 aromatic carbocycles. The first-order valence-electron chi connectivity index (χ1n) is 6.90. The smallest absolute Gasteiger partial charge is 0.235 e. The van der Waals surface area contributed by atoms with Gasteiger partial charge >= 0.3 is 0 Å². The van der Waals surface area contributed by atoms with Crippen molar-refractivity contribution >= 4 is 15.7 Å². The average molecular weight is 292 g/mol. The van der Waals surface area contributed by atoms with Gasteiger partial charge < -0.3 is 5.73 Å². The monoisotopic (exact) mass is 292 g/mol. The highest BCUT2D eigenvalue weighted by Crippen LogP contribution is 2.28. The van der Waals surface area contributed by atoms with Gasteiger partial charge in [-0.25, -0.2) is 8.42 Å². The summed E-state index contributed by atoms with van der Waals surface area (Å²) in [4.78, 5) is 0. The molecule has 0 spiro atoms. The van der Waals surface area contributed by atoms with E-state index in [-0.39, 0.29) is 5.75 Å². The van der Waals surface area contributed by atoms with Crippen molar-refractivity contribution in [3.63, 3.8) is 0 Å². The summed E-state index contributed by atoms with van der Waals surface area (Å²) < 4.78 is 25.9. The lowest BCUT2D eigenvalue weighted by molar-refractivity contribution is 0.574. The van der Waals surface area contributed by atoms with Gasteiger partial charge in [0.1, 0.15) is 0 Å². The van der Waals surface area contributed by atoms with E-state index in [1.807, 2.05) is 25.1 Å². The van der Waals surface area contributed by atoms with Crippen molar-refractivity contribution in [2.24, 2.45) is 5.73 Å². The number of hydrogen-bond donors (Lipinski definition) is 1. The summed E-state index contributed by atoms with van der Waals surface area (Å²) in [5.41, 5.74) is 8.06. The second-order valence-electron chi connectivity index (χ2n) is 4.80. The first kappa shape index (κ1) is 14.9. The SMILES string of the molecule is CCc1cc(C#CCN)ccc1N1CCCCS1(=O)=O. The van der Waals surface area contributed by atoms with E-state index in [2.05, 4.69) is 11.8 Å². The molecule has 0 unspecified atom stereocenters. The summed E-state index contributed by atoms with van der Waals surface area (Å²) in [5.74, 6) is 6.04. The Kier molecular flexibility index (Phi) is 4.69. The van der Waals surface area contributed by atoms with Gasteiger partial charge in [-0.15, -0.1) is 0 Å². The molecule has 1 heterocycles. The average Bonchev–Trinajstić information content (AvgIpc) is 2.44. The highest BCUT2D eigenvalue weighted by molar-refractivity contribution is 7.92. The van der Waals surface area contributed by atoms with Gasteiger partial charge in [0.2, 0.25) is 10.0 Å². The van der Waals surface area contributed by atoms with Crippen molar-refractivity contribution < 1.29 is 8.42 Å². The molecule has 4 nitrogen and oxygen atoms in total. The largest absolute Gasteiger partial charge is 0.320 e. The van der Waals surface area contributed by atoms with Crippen LogP contribution in [0.3, 0.4) is 0 Å². The van der Waals surface area contributed by atoms with E-state index in [4.69, 9.17) is 5.73 Å². The standard InChI is InChI=1S/C15H20N2O2S/c1-2-14-12-13(6-5-9-16)7-8-15(14)17-10-3-4-11-20(17,18)19/h7-8,12H,2-4,9-11,16H2,1H3. The molecule has 2 N–H and O–H groups in total. The number of aryl methyl sites for hydroxylation is 1. The summed E-state index contributed by atoms with van der Waals surface area (Å²) in [5, 5.41) is 0. The van der Waals surface area contributed by atoms with Gasteiger partial charge in [-0.2, -0.15) is 0 Å². The van der Waals surface area contributed by atoms with Crippen LogP contribution in [0, 0.1) is 11.8 Å². The summed E-state index contributed by atoms with van der Waals surface area (Å²) in [7, 11) is -3.16. The maximum atomic E-state index is 12.2. The number of sulfonamides is 1. The van der Waals surface area contributed by atoms with Crippen LogP contribution in [0.1, 0.15) is 30.9 Å². The lowest BCUT2D eigenvalue weighted by Crippen LogP contribution is -2.38. The first-order chi connectivity index (χ1) is 9.58. The molecule has 0 saturated carbocycles. The fourth-order valence-electron chi connectivity index (χ4n) is 2.40. The van der Waals surface area contributed by atoms with Crippen LogP contribution in [0.5, 0.6) is 0 Å². The zero-order valence-electron chi connectivity index (χ0n) is 11.7. The van der Waals surface area contributed by atoms with Crippen LogP contribution in [0.4, 0.5) is 5.69 Å². The predicted octanol–water partition coefficient (Wildman–Crippen LogP) is 1.49. The molecule has 1 aliphatic heterocycles. The second-order valence-corrected chi connectivity index (χ2v) is 6.81. The topological polar surface area (TPSA) is 63.4 Å². The van der Waals surface area contributed by atoms with Gasteiger partial charge in [-0.05, 0) is 43.0 Å². The number of hydrogen-bond acceptors (Lipinski definition) is 3. The Morgan fingerprint density at radius 1 is 1.35 bits per heavy atom. The third-order valence-corrected chi connectivity index (χ3v) is 5.27. The fraction of sp³-hybridized carbons (Fsp3) is 0.467. The maximum Gasteiger partial charge on any atom is 0.235 e. The molecule has 0 aliphatic carbocycles. The van der Waals surface area contributed by atoms with Crippen LogP contribution < -0.4 is 10.0 Å². The molecule has 1 aliphatic rings. The van der Waals surface area contributed by atoms with E-state index in [1.165, 1.54) is 0 Å². The van der Waals surface area contributed by atoms with Crippen molar-refractivity contribution in [3.05, 3.63) is 29.3 Å². The Labute approximate surface area is 121 Å². The molecular formula is C15H20N2O2S. The minimum absolute atomic E-state index is 0.241. The lowest BCUT2D eigenvalue weighted by atomic mass is 10.1. The van der Waals surface area contributed by atoms with E-state index >= 15 is 0 Å². The molecule has 0 radical (unpaired) electrons. The van der Waals surface area contributed by atoms with Gasteiger partial charge in [-0.3, -0.25) is 4.31 Å². The second kappa shape index (κ2) is 6.29. The van der Waals surface area contributed by atoms with Crippen molar-refractivity contribution in [2.45, 2.75) is 26.2 Å². The minimum Gasteiger partial charge on any atom is -0.320 e. The van der Waals surface area contributed by atoms with E-state index < -0.39 is 10.0 Å². The molecule has 20 heavy (non-hydrogen) atoms. The molecule has 0 aromatic heterocycles. The van der Waals surface area contributed by atoms with Crippen molar-refractivity contribution in [1.82, 2.24) is 0 Å². The molecule has 0 atom stereocenters. The molecule has 1 fully saturated rings. The number of benzene rings is 1. The minimum atomic E-state index is -3.16. The first-order valence-corrected chi connectivity index (χ1v) is 8.51. The molecular weight excluding hydrogens is 272 g/mol. The Hall–Kier alpha value is -1.51. The van der Waals surface area contributed by atoms with Crippen LogP contribution >= 0.6 is 0 Å². The molecule has 0 bridgehead atoms. The van der Waals surface area contributed by atoms with Gasteiger partial charge in [-0.1, -0.05) is 18.8 Å². The van der Waals surface area contributed by atoms with Crippen LogP contribution in [-0.4, -0.2) is 27.3 Å². The van der Waals surface area contributed by atoms with E-state index in [0.717, 1.165) is 36.1 Å². The molecule has 2 rings (SSSR count). The van der Waals surface area contributed by atoms with E-state index in [0.29, 0.717) is 13.1 Å². The van der Waals surface area contributed by atoms with Crippen LogP contribution in [-0.2, 0) is 16.4 Å². The number of anilines is 1.